The number of likely N-dealkylation sites (N-methyl/N-ethyl adjacent to an activating group) is 1. The molecule has 0 aromatic carbocycles. The van der Waals surface area contributed by atoms with Crippen LogP contribution in [0.4, 0.5) is 0 Å². The highest BCUT2D eigenvalue weighted by Crippen LogP contribution is 2.23. The van der Waals surface area contributed by atoms with Crippen molar-refractivity contribution in [1.29, 1.82) is 0 Å². The summed E-state index contributed by atoms with van der Waals surface area (Å²) in [5, 5.41) is 2.79. The molecule has 0 unspecified atom stereocenters. The van der Waals surface area contributed by atoms with E-state index < -0.39 is 0 Å². The van der Waals surface area contributed by atoms with Gasteiger partial charge in [0.05, 0.1) is 23.8 Å². The Bertz CT molecular complexity index is 476. The Kier molecular flexibility index (Phi) is 3.56. The molecule has 0 radical (unpaired) electrons. The Morgan fingerprint density at radius 2 is 2.37 bits per heavy atom. The molecule has 6 heteroatoms. The third kappa shape index (κ3) is 2.52. The van der Waals surface area contributed by atoms with Crippen LogP contribution in [-0.2, 0) is 4.74 Å². The molecule has 2 fully saturated rings. The molecule has 19 heavy (non-hydrogen) atoms. The Morgan fingerprint density at radius 1 is 1.53 bits per heavy atom. The van der Waals surface area contributed by atoms with Gasteiger partial charge in [0.25, 0.3) is 5.91 Å². The minimum Gasteiger partial charge on any atom is -0.375 e. The first-order chi connectivity index (χ1) is 9.15. The lowest BCUT2D eigenvalue weighted by Crippen LogP contribution is -2.59. The van der Waals surface area contributed by atoms with Gasteiger partial charge in [-0.15, -0.1) is 11.3 Å². The van der Waals surface area contributed by atoms with Crippen LogP contribution in [0.15, 0.2) is 5.38 Å². The molecule has 3 rings (SSSR count). The van der Waals surface area contributed by atoms with Gasteiger partial charge in [-0.1, -0.05) is 0 Å². The number of ether oxygens (including phenoxy) is 1. The number of thiazole rings is 1. The molecule has 1 aromatic heterocycles. The van der Waals surface area contributed by atoms with E-state index in [4.69, 9.17) is 4.74 Å². The van der Waals surface area contributed by atoms with E-state index in [-0.39, 0.29) is 12.0 Å². The van der Waals surface area contributed by atoms with Gasteiger partial charge in [-0.2, -0.15) is 0 Å². The molecular formula is C13H19N3O2S. The van der Waals surface area contributed by atoms with Gasteiger partial charge < -0.3 is 9.64 Å². The molecule has 0 N–H and O–H groups in total. The summed E-state index contributed by atoms with van der Waals surface area (Å²) in [6, 6.07) is 0.325. The molecule has 104 valence electrons. The summed E-state index contributed by atoms with van der Waals surface area (Å²) in [6.45, 7) is 5.19. The van der Waals surface area contributed by atoms with E-state index in [1.807, 2.05) is 17.2 Å². The van der Waals surface area contributed by atoms with E-state index in [2.05, 4.69) is 16.9 Å². The number of amides is 1. The Hall–Kier alpha value is -0.980. The zero-order valence-electron chi connectivity index (χ0n) is 11.3. The predicted octanol–water partition coefficient (Wildman–Crippen LogP) is 0.997. The lowest BCUT2D eigenvalue weighted by Gasteiger charge is -2.45. The van der Waals surface area contributed by atoms with Crippen LogP contribution in [0.25, 0.3) is 0 Å². The molecule has 3 heterocycles. The first-order valence-corrected chi connectivity index (χ1v) is 7.56. The van der Waals surface area contributed by atoms with E-state index in [0.717, 1.165) is 37.7 Å². The zero-order valence-corrected chi connectivity index (χ0v) is 12.2. The maximum Gasteiger partial charge on any atom is 0.273 e. The highest BCUT2D eigenvalue weighted by atomic mass is 32.1. The van der Waals surface area contributed by atoms with Crippen molar-refractivity contribution >= 4 is 17.2 Å². The number of rotatable bonds is 1. The summed E-state index contributed by atoms with van der Waals surface area (Å²) in [6.07, 6.45) is 1.20. The summed E-state index contributed by atoms with van der Waals surface area (Å²) in [7, 11) is 2.11. The van der Waals surface area contributed by atoms with Gasteiger partial charge in [0, 0.05) is 25.0 Å². The maximum atomic E-state index is 12.4. The highest BCUT2D eigenvalue weighted by Gasteiger charge is 2.37. The first-order valence-electron chi connectivity index (χ1n) is 6.68. The third-order valence-corrected chi connectivity index (χ3v) is 4.76. The summed E-state index contributed by atoms with van der Waals surface area (Å²) < 4.78 is 5.80. The minimum atomic E-state index is 0.0572. The highest BCUT2D eigenvalue weighted by molar-refractivity contribution is 7.09. The molecule has 1 aromatic rings. The van der Waals surface area contributed by atoms with Crippen LogP contribution in [0.2, 0.25) is 0 Å². The van der Waals surface area contributed by atoms with Crippen molar-refractivity contribution in [2.45, 2.75) is 25.5 Å². The molecular weight excluding hydrogens is 262 g/mol. The fraction of sp³-hybridized carbons (Fsp3) is 0.692. The molecule has 2 aliphatic rings. The number of aryl methyl sites for hydroxylation is 1. The van der Waals surface area contributed by atoms with Crippen molar-refractivity contribution in [2.75, 3.05) is 33.3 Å². The lowest BCUT2D eigenvalue weighted by molar-refractivity contribution is -0.0894. The van der Waals surface area contributed by atoms with E-state index in [1.165, 1.54) is 11.3 Å². The van der Waals surface area contributed by atoms with Crippen LogP contribution >= 0.6 is 11.3 Å². The Balaban J connectivity index is 1.71. The second-order valence-corrected chi connectivity index (χ2v) is 6.31. The molecule has 2 saturated heterocycles. The van der Waals surface area contributed by atoms with Crippen LogP contribution in [-0.4, -0.2) is 66.1 Å². The van der Waals surface area contributed by atoms with E-state index >= 15 is 0 Å². The van der Waals surface area contributed by atoms with Gasteiger partial charge in [0.15, 0.2) is 0 Å². The number of piperidine rings is 1. The average Bonchev–Trinajstić information content (AvgIpc) is 2.85. The van der Waals surface area contributed by atoms with Crippen LogP contribution in [0.5, 0.6) is 0 Å². The number of carbonyl (C=O) groups is 1. The molecule has 0 saturated carbocycles. The van der Waals surface area contributed by atoms with Crippen LogP contribution < -0.4 is 0 Å². The summed E-state index contributed by atoms with van der Waals surface area (Å²) in [5.41, 5.74) is 0.584. The zero-order chi connectivity index (χ0) is 13.4. The number of aromatic nitrogens is 1. The fourth-order valence-electron chi connectivity index (χ4n) is 2.85. The fourth-order valence-corrected chi connectivity index (χ4v) is 3.44. The molecule has 2 aliphatic heterocycles. The number of morpholine rings is 1. The van der Waals surface area contributed by atoms with Crippen molar-refractivity contribution < 1.29 is 9.53 Å². The number of carbonyl (C=O) groups excluding carboxylic acids is 1. The number of likely N-dealkylation sites (tertiary alicyclic amines) is 1. The standard InChI is InChI=1S/C13H19N3O2S/c1-9-14-10(8-19-9)13(17)16-4-3-12-11(7-16)15(2)5-6-18-12/h8,11-12H,3-7H2,1-2H3/t11-,12+/m1/s1. The van der Waals surface area contributed by atoms with Crippen molar-refractivity contribution in [3.05, 3.63) is 16.1 Å². The normalized spacial score (nSPS) is 28.2. The van der Waals surface area contributed by atoms with Gasteiger partial charge >= 0.3 is 0 Å². The molecule has 0 bridgehead atoms. The van der Waals surface area contributed by atoms with Gasteiger partial charge in [-0.3, -0.25) is 9.69 Å². The van der Waals surface area contributed by atoms with Crippen LogP contribution in [0.3, 0.4) is 0 Å². The predicted molar refractivity (Wildman–Crippen MR) is 73.5 cm³/mol. The summed E-state index contributed by atoms with van der Waals surface area (Å²) in [4.78, 5) is 20.9. The molecule has 5 nitrogen and oxygen atoms in total. The third-order valence-electron chi connectivity index (χ3n) is 3.99. The number of fused-ring (bicyclic) bond motifs is 1. The van der Waals surface area contributed by atoms with Gasteiger partial charge in [-0.05, 0) is 20.4 Å². The van der Waals surface area contributed by atoms with E-state index in [1.54, 1.807) is 0 Å². The monoisotopic (exact) mass is 281 g/mol. The number of hydrogen-bond donors (Lipinski definition) is 0. The quantitative estimate of drug-likeness (QED) is 0.770. The Morgan fingerprint density at radius 3 is 3.11 bits per heavy atom. The van der Waals surface area contributed by atoms with Crippen molar-refractivity contribution in [3.63, 3.8) is 0 Å². The molecule has 0 spiro atoms. The van der Waals surface area contributed by atoms with Gasteiger partial charge in [-0.25, -0.2) is 4.98 Å². The van der Waals surface area contributed by atoms with Crippen molar-refractivity contribution in [3.8, 4) is 0 Å². The smallest absolute Gasteiger partial charge is 0.273 e. The number of hydrogen-bond acceptors (Lipinski definition) is 5. The van der Waals surface area contributed by atoms with E-state index in [9.17, 15) is 4.79 Å². The SMILES string of the molecule is Cc1nc(C(=O)N2CC[C@@H]3OCCN(C)[C@@H]3C2)cs1. The maximum absolute atomic E-state index is 12.4. The van der Waals surface area contributed by atoms with Crippen molar-refractivity contribution in [2.24, 2.45) is 0 Å². The lowest BCUT2D eigenvalue weighted by atomic mass is 9.99. The topological polar surface area (TPSA) is 45.7 Å². The van der Waals surface area contributed by atoms with Crippen molar-refractivity contribution in [1.82, 2.24) is 14.8 Å². The molecule has 2 atom stereocenters. The first kappa shape index (κ1) is 13.0. The second-order valence-electron chi connectivity index (χ2n) is 5.25. The number of nitrogens with zero attached hydrogens (tertiary/aromatic N) is 3. The molecule has 0 aliphatic carbocycles. The summed E-state index contributed by atoms with van der Waals surface area (Å²) in [5.74, 6) is 0.0572. The minimum absolute atomic E-state index is 0.0572. The molecule has 1 amide bonds. The van der Waals surface area contributed by atoms with Gasteiger partial charge in [0.1, 0.15) is 5.69 Å². The average molecular weight is 281 g/mol. The van der Waals surface area contributed by atoms with Gasteiger partial charge in [0.2, 0.25) is 0 Å². The Labute approximate surface area is 117 Å². The largest absolute Gasteiger partial charge is 0.375 e. The van der Waals surface area contributed by atoms with E-state index in [0.29, 0.717) is 11.7 Å². The van der Waals surface area contributed by atoms with Crippen LogP contribution in [0.1, 0.15) is 21.9 Å². The second kappa shape index (κ2) is 5.19. The summed E-state index contributed by atoms with van der Waals surface area (Å²) >= 11 is 1.53. The van der Waals surface area contributed by atoms with Crippen LogP contribution in [0, 0.1) is 6.92 Å².